The molecule has 0 aromatic heterocycles. The maximum atomic E-state index is 12.7. The monoisotopic (exact) mass is 410 g/mol. The minimum Gasteiger partial charge on any atom is -0.352 e. The summed E-state index contributed by atoms with van der Waals surface area (Å²) >= 11 is 0. The van der Waals surface area contributed by atoms with Crippen molar-refractivity contribution in [3.8, 4) is 0 Å². The number of sulfonamides is 1. The number of likely N-dealkylation sites (N-methyl/N-ethyl adjacent to an activating group) is 1. The van der Waals surface area contributed by atoms with Gasteiger partial charge in [0, 0.05) is 45.7 Å². The Morgan fingerprint density at radius 2 is 1.75 bits per heavy atom. The van der Waals surface area contributed by atoms with Gasteiger partial charge in [-0.15, -0.1) is 0 Å². The molecule has 2 rings (SSSR count). The van der Waals surface area contributed by atoms with E-state index in [4.69, 9.17) is 0 Å². The molecule has 28 heavy (non-hydrogen) atoms. The van der Waals surface area contributed by atoms with Crippen LogP contribution >= 0.6 is 0 Å². The predicted octanol–water partition coefficient (Wildman–Crippen LogP) is 1.36. The summed E-state index contributed by atoms with van der Waals surface area (Å²) in [6, 6.07) is 6.81. The highest BCUT2D eigenvalue weighted by molar-refractivity contribution is 7.89. The van der Waals surface area contributed by atoms with Gasteiger partial charge in [0.15, 0.2) is 0 Å². The lowest BCUT2D eigenvalue weighted by Gasteiger charge is -2.31. The van der Waals surface area contributed by atoms with Crippen LogP contribution in [0.4, 0.5) is 0 Å². The largest absolute Gasteiger partial charge is 0.352 e. The molecule has 1 aliphatic heterocycles. The minimum absolute atomic E-state index is 0.0116. The molecule has 1 aromatic rings. The number of amides is 1. The molecule has 158 valence electrons. The van der Waals surface area contributed by atoms with Crippen LogP contribution in [-0.2, 0) is 21.4 Å². The number of carbonyl (C=O) groups is 1. The molecule has 1 N–H and O–H groups in total. The van der Waals surface area contributed by atoms with Crippen molar-refractivity contribution in [3.05, 3.63) is 29.8 Å². The minimum atomic E-state index is -3.45. The Kier molecular flexibility index (Phi) is 8.88. The van der Waals surface area contributed by atoms with Gasteiger partial charge in [-0.2, -0.15) is 4.31 Å². The van der Waals surface area contributed by atoms with Gasteiger partial charge in [-0.1, -0.05) is 25.5 Å². The van der Waals surface area contributed by atoms with Gasteiger partial charge >= 0.3 is 0 Å². The number of nitrogens with one attached hydrogen (secondary N) is 1. The number of carbonyl (C=O) groups excluding carboxylic acids is 1. The molecule has 1 aromatic carbocycles. The molecule has 0 atom stereocenters. The number of hydrogen-bond donors (Lipinski definition) is 1. The number of unbranched alkanes of at least 4 members (excludes halogenated alkanes) is 1. The van der Waals surface area contributed by atoms with Crippen molar-refractivity contribution in [2.45, 2.75) is 37.6 Å². The molecule has 1 aliphatic rings. The topological polar surface area (TPSA) is 73.0 Å². The van der Waals surface area contributed by atoms with Crippen LogP contribution in [0.1, 0.15) is 31.7 Å². The van der Waals surface area contributed by atoms with Crippen LogP contribution in [0.3, 0.4) is 0 Å². The first-order valence-electron chi connectivity index (χ1n) is 10.1. The Labute approximate surface area is 169 Å². The van der Waals surface area contributed by atoms with Crippen LogP contribution in [0.5, 0.6) is 0 Å². The number of benzene rings is 1. The maximum Gasteiger partial charge on any atom is 0.243 e. The Hall–Kier alpha value is -1.48. The fourth-order valence-corrected chi connectivity index (χ4v) is 4.50. The molecule has 0 radical (unpaired) electrons. The van der Waals surface area contributed by atoms with Crippen molar-refractivity contribution in [2.75, 3.05) is 53.4 Å². The second-order valence-electron chi connectivity index (χ2n) is 7.53. The van der Waals surface area contributed by atoms with Gasteiger partial charge in [0.2, 0.25) is 15.9 Å². The summed E-state index contributed by atoms with van der Waals surface area (Å²) in [4.78, 5) is 16.6. The third-order valence-corrected chi connectivity index (χ3v) is 7.04. The molecular formula is C20H34N4O3S. The lowest BCUT2D eigenvalue weighted by Crippen LogP contribution is -2.47. The normalized spacial score (nSPS) is 16.4. The number of hydrogen-bond acceptors (Lipinski definition) is 5. The summed E-state index contributed by atoms with van der Waals surface area (Å²) in [6.07, 6.45) is 2.76. The van der Waals surface area contributed by atoms with E-state index in [9.17, 15) is 13.2 Å². The smallest absolute Gasteiger partial charge is 0.243 e. The summed E-state index contributed by atoms with van der Waals surface area (Å²) in [5.74, 6) is 0.0116. The molecule has 0 spiro atoms. The molecule has 1 fully saturated rings. The molecule has 7 nitrogen and oxygen atoms in total. The van der Waals surface area contributed by atoms with Gasteiger partial charge in [0.05, 0.1) is 4.90 Å². The molecule has 1 amide bonds. The second kappa shape index (κ2) is 10.9. The van der Waals surface area contributed by atoms with Crippen molar-refractivity contribution in [3.63, 3.8) is 0 Å². The first-order chi connectivity index (χ1) is 13.3. The molecular weight excluding hydrogens is 376 g/mol. The number of rotatable bonds is 10. The van der Waals surface area contributed by atoms with Crippen LogP contribution in [-0.4, -0.2) is 81.8 Å². The van der Waals surface area contributed by atoms with Crippen molar-refractivity contribution >= 4 is 15.9 Å². The van der Waals surface area contributed by atoms with Gasteiger partial charge in [-0.05, 0) is 44.8 Å². The maximum absolute atomic E-state index is 12.7. The van der Waals surface area contributed by atoms with E-state index in [-0.39, 0.29) is 5.91 Å². The average Bonchev–Trinajstić information content (AvgIpc) is 2.69. The first kappa shape index (κ1) is 22.8. The Bertz CT molecular complexity index is 713. The van der Waals surface area contributed by atoms with E-state index in [0.29, 0.717) is 31.0 Å². The molecule has 0 aliphatic carbocycles. The van der Waals surface area contributed by atoms with Crippen molar-refractivity contribution in [1.82, 2.24) is 19.4 Å². The van der Waals surface area contributed by atoms with Crippen LogP contribution < -0.4 is 5.32 Å². The first-order valence-corrected chi connectivity index (χ1v) is 11.5. The molecule has 0 bridgehead atoms. The zero-order valence-corrected chi connectivity index (χ0v) is 18.2. The Balaban J connectivity index is 1.81. The van der Waals surface area contributed by atoms with Crippen molar-refractivity contribution in [1.29, 1.82) is 0 Å². The molecule has 0 unspecified atom stereocenters. The second-order valence-corrected chi connectivity index (χ2v) is 9.47. The lowest BCUT2D eigenvalue weighted by molar-refractivity contribution is -0.121. The fraction of sp³-hybridized carbons (Fsp3) is 0.650. The predicted molar refractivity (Wildman–Crippen MR) is 112 cm³/mol. The van der Waals surface area contributed by atoms with Crippen LogP contribution in [0.2, 0.25) is 0 Å². The van der Waals surface area contributed by atoms with Crippen molar-refractivity contribution < 1.29 is 13.2 Å². The van der Waals surface area contributed by atoms with E-state index >= 15 is 0 Å². The standard InChI is InChI=1S/C20H34N4O3S/c1-4-5-11-22(2)12-10-20(25)21-17-18-6-8-19(9-7-18)28(26,27)24-15-13-23(3)14-16-24/h6-9H,4-5,10-17H2,1-3H3,(H,21,25). The van der Waals surface area contributed by atoms with E-state index in [2.05, 4.69) is 22.0 Å². The van der Waals surface area contributed by atoms with E-state index < -0.39 is 10.0 Å². The van der Waals surface area contributed by atoms with Crippen LogP contribution in [0.25, 0.3) is 0 Å². The number of nitrogens with zero attached hydrogens (tertiary/aromatic N) is 3. The van der Waals surface area contributed by atoms with E-state index in [1.165, 1.54) is 0 Å². The summed E-state index contributed by atoms with van der Waals surface area (Å²) in [7, 11) is 0.581. The highest BCUT2D eigenvalue weighted by Gasteiger charge is 2.27. The highest BCUT2D eigenvalue weighted by atomic mass is 32.2. The summed E-state index contributed by atoms with van der Waals surface area (Å²) in [6.45, 7) is 6.84. The number of piperazine rings is 1. The lowest BCUT2D eigenvalue weighted by atomic mass is 10.2. The SMILES string of the molecule is CCCCN(C)CCC(=O)NCc1ccc(S(=O)(=O)N2CCN(C)CC2)cc1. The Morgan fingerprint density at radius 1 is 1.11 bits per heavy atom. The molecule has 8 heteroatoms. The van der Waals surface area contributed by atoms with E-state index in [1.54, 1.807) is 28.6 Å². The van der Waals surface area contributed by atoms with E-state index in [0.717, 1.165) is 44.6 Å². The van der Waals surface area contributed by atoms with E-state index in [1.807, 2.05) is 14.1 Å². The third kappa shape index (κ3) is 6.84. The van der Waals surface area contributed by atoms with Crippen LogP contribution in [0, 0.1) is 0 Å². The van der Waals surface area contributed by atoms with Crippen molar-refractivity contribution in [2.24, 2.45) is 0 Å². The average molecular weight is 411 g/mol. The van der Waals surface area contributed by atoms with Gasteiger partial charge in [0.1, 0.15) is 0 Å². The summed E-state index contributed by atoms with van der Waals surface area (Å²) in [5.41, 5.74) is 0.894. The summed E-state index contributed by atoms with van der Waals surface area (Å²) < 4.78 is 27.0. The molecule has 1 saturated heterocycles. The molecule has 1 heterocycles. The third-order valence-electron chi connectivity index (χ3n) is 5.13. The van der Waals surface area contributed by atoms with Crippen LogP contribution in [0.15, 0.2) is 29.2 Å². The summed E-state index contributed by atoms with van der Waals surface area (Å²) in [5, 5.41) is 2.91. The van der Waals surface area contributed by atoms with Gasteiger partial charge in [-0.3, -0.25) is 4.79 Å². The zero-order valence-electron chi connectivity index (χ0n) is 17.4. The zero-order chi connectivity index (χ0) is 20.6. The fourth-order valence-electron chi connectivity index (χ4n) is 3.08. The van der Waals surface area contributed by atoms with Gasteiger partial charge in [-0.25, -0.2) is 8.42 Å². The highest BCUT2D eigenvalue weighted by Crippen LogP contribution is 2.18. The van der Waals surface area contributed by atoms with Gasteiger partial charge < -0.3 is 15.1 Å². The quantitative estimate of drug-likeness (QED) is 0.631. The molecule has 0 saturated carbocycles. The van der Waals surface area contributed by atoms with Gasteiger partial charge in [0.25, 0.3) is 0 Å². The Morgan fingerprint density at radius 3 is 2.36 bits per heavy atom.